The molecular formula is C23H27ClN2O4S. The molecule has 1 aliphatic rings. The summed E-state index contributed by atoms with van der Waals surface area (Å²) in [7, 11) is -3.88. The topological polar surface area (TPSA) is 75.7 Å². The summed E-state index contributed by atoms with van der Waals surface area (Å²) in [6, 6.07) is 14.2. The van der Waals surface area contributed by atoms with Crippen LogP contribution in [0.15, 0.2) is 66.1 Å². The Morgan fingerprint density at radius 1 is 1.26 bits per heavy atom. The van der Waals surface area contributed by atoms with Gasteiger partial charge in [0, 0.05) is 31.8 Å². The van der Waals surface area contributed by atoms with Crippen LogP contribution in [0.3, 0.4) is 0 Å². The van der Waals surface area contributed by atoms with Crippen LogP contribution in [-0.2, 0) is 21.2 Å². The third-order valence-electron chi connectivity index (χ3n) is 5.14. The Bertz CT molecular complexity index is 1010. The number of ether oxygens (including phenoxy) is 1. The number of amides is 1. The smallest absolute Gasteiger partial charge is 0.254 e. The summed E-state index contributed by atoms with van der Waals surface area (Å²) in [5, 5.41) is 0.0657. The van der Waals surface area contributed by atoms with E-state index in [4.69, 9.17) is 16.3 Å². The van der Waals surface area contributed by atoms with Crippen molar-refractivity contribution in [3.05, 3.63) is 77.3 Å². The second-order valence-electron chi connectivity index (χ2n) is 7.41. The number of rotatable bonds is 10. The number of sulfonamides is 1. The molecule has 1 unspecified atom stereocenters. The predicted molar refractivity (Wildman–Crippen MR) is 122 cm³/mol. The van der Waals surface area contributed by atoms with Crippen LogP contribution in [0, 0.1) is 0 Å². The molecule has 3 rings (SSSR count). The Balaban J connectivity index is 1.75. The van der Waals surface area contributed by atoms with Crippen LogP contribution in [0.5, 0.6) is 0 Å². The maximum atomic E-state index is 13.1. The second kappa shape index (κ2) is 10.9. The molecule has 0 saturated carbocycles. The molecule has 31 heavy (non-hydrogen) atoms. The second-order valence-corrected chi connectivity index (χ2v) is 9.55. The van der Waals surface area contributed by atoms with Crippen LogP contribution in [0.1, 0.15) is 28.8 Å². The first-order valence-corrected chi connectivity index (χ1v) is 12.1. The first-order valence-electron chi connectivity index (χ1n) is 10.3. The van der Waals surface area contributed by atoms with Gasteiger partial charge < -0.3 is 9.64 Å². The Morgan fingerprint density at radius 3 is 2.71 bits per heavy atom. The number of hydrogen-bond acceptors (Lipinski definition) is 4. The minimum Gasteiger partial charge on any atom is -0.377 e. The Hall–Kier alpha value is -2.19. The zero-order valence-corrected chi connectivity index (χ0v) is 18.9. The summed E-state index contributed by atoms with van der Waals surface area (Å²) in [4.78, 5) is 14.6. The molecule has 1 heterocycles. The third-order valence-corrected chi connectivity index (χ3v) is 7.05. The summed E-state index contributed by atoms with van der Waals surface area (Å²) < 4.78 is 33.6. The summed E-state index contributed by atoms with van der Waals surface area (Å²) in [6.07, 6.45) is 3.92. The maximum Gasteiger partial charge on any atom is 0.254 e. The molecule has 166 valence electrons. The zero-order chi connectivity index (χ0) is 22.3. The van der Waals surface area contributed by atoms with E-state index in [0.29, 0.717) is 26.1 Å². The molecule has 0 bridgehead atoms. The fraction of sp³-hybridized carbons (Fsp3) is 0.348. The normalized spacial score (nSPS) is 16.2. The van der Waals surface area contributed by atoms with E-state index in [0.717, 1.165) is 18.4 Å². The van der Waals surface area contributed by atoms with Crippen molar-refractivity contribution in [3.8, 4) is 0 Å². The number of benzene rings is 2. The molecule has 2 aromatic carbocycles. The molecular weight excluding hydrogens is 436 g/mol. The van der Waals surface area contributed by atoms with Gasteiger partial charge in [0.2, 0.25) is 10.0 Å². The van der Waals surface area contributed by atoms with Crippen LogP contribution in [0.25, 0.3) is 0 Å². The van der Waals surface area contributed by atoms with Gasteiger partial charge in [-0.25, -0.2) is 13.1 Å². The van der Waals surface area contributed by atoms with Crippen molar-refractivity contribution in [2.45, 2.75) is 30.3 Å². The highest BCUT2D eigenvalue weighted by Crippen LogP contribution is 2.24. The van der Waals surface area contributed by atoms with E-state index in [2.05, 4.69) is 11.3 Å². The molecule has 0 aliphatic carbocycles. The van der Waals surface area contributed by atoms with Gasteiger partial charge >= 0.3 is 0 Å². The largest absolute Gasteiger partial charge is 0.377 e. The van der Waals surface area contributed by atoms with E-state index in [1.54, 1.807) is 17.0 Å². The van der Waals surface area contributed by atoms with Gasteiger partial charge in [0.25, 0.3) is 5.91 Å². The summed E-state index contributed by atoms with van der Waals surface area (Å²) in [5.41, 5.74) is 1.37. The SMILES string of the molecule is C=CCN(CCc1ccccc1)C(=O)c1ccc(Cl)c(S(=O)(=O)NCC2CCCO2)c1. The number of nitrogens with one attached hydrogen (secondary N) is 1. The molecule has 1 aliphatic heterocycles. The molecule has 1 N–H and O–H groups in total. The summed E-state index contributed by atoms with van der Waals surface area (Å²) >= 11 is 6.17. The third kappa shape index (κ3) is 6.40. The average molecular weight is 463 g/mol. The average Bonchev–Trinajstić information content (AvgIpc) is 3.29. The lowest BCUT2D eigenvalue weighted by molar-refractivity contribution is 0.0775. The fourth-order valence-electron chi connectivity index (χ4n) is 3.45. The van der Waals surface area contributed by atoms with Crippen molar-refractivity contribution >= 4 is 27.5 Å². The number of halogens is 1. The van der Waals surface area contributed by atoms with Crippen molar-refractivity contribution in [1.29, 1.82) is 0 Å². The van der Waals surface area contributed by atoms with Gasteiger partial charge in [0.15, 0.2) is 0 Å². The molecule has 1 saturated heterocycles. The van der Waals surface area contributed by atoms with Crippen LogP contribution >= 0.6 is 11.6 Å². The predicted octanol–water partition coefficient (Wildman–Crippen LogP) is 3.67. The van der Waals surface area contributed by atoms with Crippen molar-refractivity contribution in [2.75, 3.05) is 26.2 Å². The quantitative estimate of drug-likeness (QED) is 0.546. The fourth-order valence-corrected chi connectivity index (χ4v) is 5.04. The Kier molecular flexibility index (Phi) is 8.26. The van der Waals surface area contributed by atoms with Crippen LogP contribution in [0.2, 0.25) is 5.02 Å². The lowest BCUT2D eigenvalue weighted by Crippen LogP contribution is -2.34. The van der Waals surface area contributed by atoms with Crippen LogP contribution in [-0.4, -0.2) is 51.6 Å². The van der Waals surface area contributed by atoms with E-state index < -0.39 is 10.0 Å². The van der Waals surface area contributed by atoms with Crippen molar-refractivity contribution in [1.82, 2.24) is 9.62 Å². The number of hydrogen-bond donors (Lipinski definition) is 1. The van der Waals surface area contributed by atoms with E-state index >= 15 is 0 Å². The van der Waals surface area contributed by atoms with E-state index in [-0.39, 0.29) is 34.0 Å². The van der Waals surface area contributed by atoms with Crippen LogP contribution in [0.4, 0.5) is 0 Å². The lowest BCUT2D eigenvalue weighted by Gasteiger charge is -2.22. The van der Waals surface area contributed by atoms with Gasteiger partial charge in [-0.1, -0.05) is 48.0 Å². The number of carbonyl (C=O) groups excluding carboxylic acids is 1. The van der Waals surface area contributed by atoms with Gasteiger partial charge in [0.1, 0.15) is 4.90 Å². The number of nitrogens with zero attached hydrogens (tertiary/aromatic N) is 1. The lowest BCUT2D eigenvalue weighted by atomic mass is 10.1. The van der Waals surface area contributed by atoms with E-state index in [1.165, 1.54) is 12.1 Å². The van der Waals surface area contributed by atoms with Gasteiger partial charge in [-0.3, -0.25) is 4.79 Å². The monoisotopic (exact) mass is 462 g/mol. The highest BCUT2D eigenvalue weighted by Gasteiger charge is 2.24. The van der Waals surface area contributed by atoms with E-state index in [9.17, 15) is 13.2 Å². The van der Waals surface area contributed by atoms with Crippen molar-refractivity contribution < 1.29 is 17.9 Å². The number of carbonyl (C=O) groups is 1. The Morgan fingerprint density at radius 2 is 2.03 bits per heavy atom. The maximum absolute atomic E-state index is 13.1. The molecule has 0 radical (unpaired) electrons. The highest BCUT2D eigenvalue weighted by molar-refractivity contribution is 7.89. The summed E-state index contributed by atoms with van der Waals surface area (Å²) in [5.74, 6) is -0.275. The van der Waals surface area contributed by atoms with Crippen LogP contribution < -0.4 is 4.72 Å². The molecule has 0 aromatic heterocycles. The van der Waals surface area contributed by atoms with Gasteiger partial charge in [-0.2, -0.15) is 0 Å². The summed E-state index contributed by atoms with van der Waals surface area (Å²) in [6.45, 7) is 5.38. The molecule has 2 aromatic rings. The molecule has 1 fully saturated rings. The molecule has 0 spiro atoms. The van der Waals surface area contributed by atoms with Gasteiger partial charge in [-0.05, 0) is 43.0 Å². The van der Waals surface area contributed by atoms with E-state index in [1.807, 2.05) is 30.3 Å². The first-order chi connectivity index (χ1) is 14.9. The standard InChI is InChI=1S/C23H27ClN2O4S/c1-2-13-26(14-12-18-7-4-3-5-8-18)23(27)19-10-11-21(24)22(16-19)31(28,29)25-17-20-9-6-15-30-20/h2-5,7-8,10-11,16,20,25H,1,6,9,12-15,17H2. The van der Waals surface area contributed by atoms with Gasteiger partial charge in [-0.15, -0.1) is 6.58 Å². The first kappa shape index (κ1) is 23.5. The molecule has 1 amide bonds. The zero-order valence-electron chi connectivity index (χ0n) is 17.3. The van der Waals surface area contributed by atoms with Crippen molar-refractivity contribution in [2.24, 2.45) is 0 Å². The van der Waals surface area contributed by atoms with Crippen molar-refractivity contribution in [3.63, 3.8) is 0 Å². The Labute approximate surface area is 188 Å². The minimum atomic E-state index is -3.88. The minimum absolute atomic E-state index is 0.0657. The van der Waals surface area contributed by atoms with Gasteiger partial charge in [0.05, 0.1) is 11.1 Å². The molecule has 6 nitrogen and oxygen atoms in total. The highest BCUT2D eigenvalue weighted by atomic mass is 35.5. The molecule has 8 heteroatoms. The molecule has 1 atom stereocenters.